The van der Waals surface area contributed by atoms with Gasteiger partial charge in [-0.3, -0.25) is 9.59 Å². The number of carbonyl (C=O) groups excluding carboxylic acids is 2. The molecule has 0 bridgehead atoms. The Hall–Kier alpha value is -2.47. The van der Waals surface area contributed by atoms with Crippen molar-refractivity contribution in [3.8, 4) is 0 Å². The molecule has 1 aliphatic carbocycles. The third-order valence-electron chi connectivity index (χ3n) is 4.77. The van der Waals surface area contributed by atoms with Crippen molar-refractivity contribution in [2.45, 2.75) is 25.7 Å². The van der Waals surface area contributed by atoms with Crippen LogP contribution in [0.1, 0.15) is 25.7 Å². The molecule has 0 heterocycles. The molecule has 2 aromatic rings. The Morgan fingerprint density at radius 1 is 0.815 bits per heavy atom. The van der Waals surface area contributed by atoms with Gasteiger partial charge >= 0.3 is 0 Å². The average molecular weight is 393 g/mol. The molecule has 0 atom stereocenters. The number of halogens is 3. The van der Waals surface area contributed by atoms with E-state index in [0.29, 0.717) is 37.1 Å². The largest absolute Gasteiger partial charge is 0.326 e. The van der Waals surface area contributed by atoms with E-state index in [9.17, 15) is 18.4 Å². The number of hydrogen-bond donors (Lipinski definition) is 2. The maximum atomic E-state index is 13.2. The van der Waals surface area contributed by atoms with Crippen LogP contribution >= 0.6 is 11.6 Å². The molecule has 1 aliphatic rings. The first-order chi connectivity index (χ1) is 12.9. The van der Waals surface area contributed by atoms with Crippen molar-refractivity contribution in [3.63, 3.8) is 0 Å². The van der Waals surface area contributed by atoms with Gasteiger partial charge in [0.1, 0.15) is 11.6 Å². The van der Waals surface area contributed by atoms with Crippen molar-refractivity contribution in [2.24, 2.45) is 11.8 Å². The summed E-state index contributed by atoms with van der Waals surface area (Å²) in [6.07, 6.45) is 2.36. The highest BCUT2D eigenvalue weighted by Gasteiger charge is 2.30. The molecule has 0 aromatic heterocycles. The Bertz CT molecular complexity index is 834. The molecule has 2 aromatic carbocycles. The number of carbonyl (C=O) groups is 2. The van der Waals surface area contributed by atoms with E-state index in [1.54, 1.807) is 0 Å². The van der Waals surface area contributed by atoms with Gasteiger partial charge in [0, 0.05) is 23.2 Å². The minimum Gasteiger partial charge on any atom is -0.326 e. The van der Waals surface area contributed by atoms with Crippen molar-refractivity contribution >= 4 is 34.8 Å². The maximum absolute atomic E-state index is 13.2. The van der Waals surface area contributed by atoms with E-state index < -0.39 is 5.82 Å². The number of rotatable bonds is 4. The van der Waals surface area contributed by atoms with Crippen LogP contribution in [0.3, 0.4) is 0 Å². The number of anilines is 2. The van der Waals surface area contributed by atoms with Gasteiger partial charge in [0.25, 0.3) is 0 Å². The van der Waals surface area contributed by atoms with Crippen LogP contribution in [-0.2, 0) is 9.59 Å². The smallest absolute Gasteiger partial charge is 0.227 e. The van der Waals surface area contributed by atoms with Crippen molar-refractivity contribution in [1.82, 2.24) is 0 Å². The van der Waals surface area contributed by atoms with E-state index in [0.717, 1.165) is 0 Å². The lowest BCUT2D eigenvalue weighted by Crippen LogP contribution is -2.32. The van der Waals surface area contributed by atoms with Gasteiger partial charge in [-0.2, -0.15) is 0 Å². The summed E-state index contributed by atoms with van der Waals surface area (Å²) in [6.45, 7) is 0. The van der Waals surface area contributed by atoms with E-state index in [2.05, 4.69) is 10.6 Å². The molecular weight excluding hydrogens is 374 g/mol. The molecule has 3 rings (SSSR count). The van der Waals surface area contributed by atoms with Gasteiger partial charge in [0.2, 0.25) is 11.8 Å². The minimum absolute atomic E-state index is 0.0472. The van der Waals surface area contributed by atoms with Gasteiger partial charge in [0.05, 0.1) is 5.02 Å². The lowest BCUT2D eigenvalue weighted by molar-refractivity contribution is -0.125. The number of benzene rings is 2. The third-order valence-corrected chi connectivity index (χ3v) is 5.06. The highest BCUT2D eigenvalue weighted by Crippen LogP contribution is 2.31. The van der Waals surface area contributed by atoms with Crippen LogP contribution in [0.5, 0.6) is 0 Å². The second kappa shape index (κ2) is 8.48. The fraction of sp³-hybridized carbons (Fsp3) is 0.300. The normalized spacial score (nSPS) is 19.4. The van der Waals surface area contributed by atoms with Crippen LogP contribution in [0.15, 0.2) is 42.5 Å². The molecule has 0 aliphatic heterocycles. The van der Waals surface area contributed by atoms with Gasteiger partial charge in [-0.05, 0) is 68.1 Å². The summed E-state index contributed by atoms with van der Waals surface area (Å²) in [5.74, 6) is -1.56. The monoisotopic (exact) mass is 392 g/mol. The molecular formula is C20H19ClF2N2O2. The first-order valence-corrected chi connectivity index (χ1v) is 9.12. The molecule has 0 unspecified atom stereocenters. The predicted molar refractivity (Wildman–Crippen MR) is 101 cm³/mol. The molecule has 0 saturated heterocycles. The Morgan fingerprint density at radius 2 is 1.30 bits per heavy atom. The molecule has 1 saturated carbocycles. The number of hydrogen-bond acceptors (Lipinski definition) is 2. The van der Waals surface area contributed by atoms with Crippen molar-refractivity contribution in [2.75, 3.05) is 10.6 Å². The molecule has 27 heavy (non-hydrogen) atoms. The van der Waals surface area contributed by atoms with E-state index in [1.165, 1.54) is 42.5 Å². The zero-order chi connectivity index (χ0) is 19.4. The Balaban J connectivity index is 1.50. The number of amides is 2. The van der Waals surface area contributed by atoms with Gasteiger partial charge in [-0.1, -0.05) is 11.6 Å². The van der Waals surface area contributed by atoms with E-state index in [4.69, 9.17) is 11.6 Å². The second-order valence-corrected chi connectivity index (χ2v) is 7.07. The van der Waals surface area contributed by atoms with Crippen LogP contribution in [0.2, 0.25) is 5.02 Å². The zero-order valence-electron chi connectivity index (χ0n) is 14.5. The summed E-state index contributed by atoms with van der Waals surface area (Å²) in [5, 5.41) is 5.47. The molecule has 0 spiro atoms. The van der Waals surface area contributed by atoms with E-state index in [-0.39, 0.29) is 34.5 Å². The highest BCUT2D eigenvalue weighted by atomic mass is 35.5. The average Bonchev–Trinajstić information content (AvgIpc) is 2.66. The first-order valence-electron chi connectivity index (χ1n) is 8.74. The highest BCUT2D eigenvalue weighted by molar-refractivity contribution is 6.31. The summed E-state index contributed by atoms with van der Waals surface area (Å²) in [6, 6.07) is 9.64. The van der Waals surface area contributed by atoms with Crippen molar-refractivity contribution in [1.29, 1.82) is 0 Å². The maximum Gasteiger partial charge on any atom is 0.227 e. The lowest BCUT2D eigenvalue weighted by atomic mass is 9.81. The molecule has 1 fully saturated rings. The van der Waals surface area contributed by atoms with Crippen molar-refractivity contribution in [3.05, 3.63) is 59.1 Å². The van der Waals surface area contributed by atoms with E-state index >= 15 is 0 Å². The molecule has 4 nitrogen and oxygen atoms in total. The Kier molecular flexibility index (Phi) is 6.06. The summed E-state index contributed by atoms with van der Waals surface area (Å²) in [7, 11) is 0. The van der Waals surface area contributed by atoms with Crippen molar-refractivity contribution < 1.29 is 18.4 Å². The number of nitrogens with one attached hydrogen (secondary N) is 2. The molecule has 7 heteroatoms. The second-order valence-electron chi connectivity index (χ2n) is 6.66. The third kappa shape index (κ3) is 5.04. The SMILES string of the molecule is O=C(Nc1ccc(F)cc1)C1CCC(C(=O)Nc2ccc(F)c(Cl)c2)CC1. The van der Waals surface area contributed by atoms with Crippen LogP contribution < -0.4 is 10.6 Å². The first kappa shape index (κ1) is 19.3. The molecule has 0 radical (unpaired) electrons. The minimum atomic E-state index is -0.539. The molecule has 2 N–H and O–H groups in total. The topological polar surface area (TPSA) is 58.2 Å². The lowest BCUT2D eigenvalue weighted by Gasteiger charge is -2.27. The predicted octanol–water partition coefficient (Wildman–Crippen LogP) is 5.00. The van der Waals surface area contributed by atoms with Gasteiger partial charge in [0.15, 0.2) is 0 Å². The van der Waals surface area contributed by atoms with Crippen LogP contribution in [0, 0.1) is 23.5 Å². The Labute approximate surface area is 160 Å². The fourth-order valence-corrected chi connectivity index (χ4v) is 3.39. The molecule has 142 valence electrons. The van der Waals surface area contributed by atoms with E-state index in [1.807, 2.05) is 0 Å². The summed E-state index contributed by atoms with van der Waals surface area (Å²) < 4.78 is 26.1. The Morgan fingerprint density at radius 3 is 1.81 bits per heavy atom. The van der Waals surface area contributed by atoms with Crippen LogP contribution in [-0.4, -0.2) is 11.8 Å². The van der Waals surface area contributed by atoms with Gasteiger partial charge in [-0.25, -0.2) is 8.78 Å². The summed E-state index contributed by atoms with van der Waals surface area (Å²) in [5.41, 5.74) is 0.997. The fourth-order valence-electron chi connectivity index (χ4n) is 3.21. The summed E-state index contributed by atoms with van der Waals surface area (Å²) in [4.78, 5) is 24.7. The standard InChI is InChI=1S/C20H19ClF2N2O2/c21-17-11-16(9-10-18(17)23)25-20(27)13-3-1-12(2-4-13)19(26)24-15-7-5-14(22)6-8-15/h5-13H,1-4H2,(H,24,26)(H,25,27). The summed E-state index contributed by atoms with van der Waals surface area (Å²) >= 11 is 5.72. The van der Waals surface area contributed by atoms with Gasteiger partial charge < -0.3 is 10.6 Å². The zero-order valence-corrected chi connectivity index (χ0v) is 15.2. The molecule has 2 amide bonds. The van der Waals surface area contributed by atoms with Crippen LogP contribution in [0.25, 0.3) is 0 Å². The van der Waals surface area contributed by atoms with Gasteiger partial charge in [-0.15, -0.1) is 0 Å². The van der Waals surface area contributed by atoms with Crippen LogP contribution in [0.4, 0.5) is 20.2 Å². The quantitative estimate of drug-likeness (QED) is 0.769.